The molecule has 1 aromatic carbocycles. The van der Waals surface area contributed by atoms with E-state index in [1.807, 2.05) is 0 Å². The Bertz CT molecular complexity index is 743. The summed E-state index contributed by atoms with van der Waals surface area (Å²) in [6.07, 6.45) is 0. The normalized spacial score (nSPS) is 10.5. The number of pyridine rings is 1. The van der Waals surface area contributed by atoms with Crippen LogP contribution in [0.3, 0.4) is 0 Å². The van der Waals surface area contributed by atoms with E-state index >= 15 is 0 Å². The van der Waals surface area contributed by atoms with Gasteiger partial charge in [-0.15, -0.1) is 0 Å². The molecular formula is C15H15ClN2O4. The smallest absolute Gasteiger partial charge is 0.337 e. The SMILES string of the molecule is COCCn1c(Nc2ccc(Cl)c(C(=O)O)c2)cccc1=O. The summed E-state index contributed by atoms with van der Waals surface area (Å²) in [7, 11) is 1.55. The standard InChI is InChI=1S/C15H15ClN2O4/c1-22-8-7-18-13(3-2-4-14(18)19)17-10-5-6-12(16)11(9-10)15(20)21/h2-6,9,17H,7-8H2,1H3,(H,20,21). The molecule has 22 heavy (non-hydrogen) atoms. The zero-order valence-electron chi connectivity index (χ0n) is 11.9. The quantitative estimate of drug-likeness (QED) is 0.854. The summed E-state index contributed by atoms with van der Waals surface area (Å²) in [5.74, 6) is -0.568. The molecule has 0 aliphatic carbocycles. The van der Waals surface area contributed by atoms with Crippen LogP contribution in [0.15, 0.2) is 41.2 Å². The molecule has 0 unspecified atom stereocenters. The molecule has 0 aliphatic heterocycles. The highest BCUT2D eigenvalue weighted by Crippen LogP contribution is 2.23. The number of ether oxygens (including phenoxy) is 1. The van der Waals surface area contributed by atoms with Crippen molar-refractivity contribution < 1.29 is 14.6 Å². The number of hydrogen-bond acceptors (Lipinski definition) is 4. The van der Waals surface area contributed by atoms with Gasteiger partial charge in [0.2, 0.25) is 0 Å². The van der Waals surface area contributed by atoms with Gasteiger partial charge in [0.15, 0.2) is 0 Å². The fourth-order valence-corrected chi connectivity index (χ4v) is 2.16. The van der Waals surface area contributed by atoms with Crippen molar-refractivity contribution in [3.63, 3.8) is 0 Å². The topological polar surface area (TPSA) is 80.6 Å². The van der Waals surface area contributed by atoms with Crippen molar-refractivity contribution in [2.24, 2.45) is 0 Å². The summed E-state index contributed by atoms with van der Waals surface area (Å²) in [5, 5.41) is 12.3. The Balaban J connectivity index is 2.35. The number of hydrogen-bond donors (Lipinski definition) is 2. The minimum absolute atomic E-state index is 0.00612. The lowest BCUT2D eigenvalue weighted by atomic mass is 10.2. The Hall–Kier alpha value is -2.31. The van der Waals surface area contributed by atoms with Crippen LogP contribution in [0.1, 0.15) is 10.4 Å². The molecule has 0 bridgehead atoms. The van der Waals surface area contributed by atoms with Gasteiger partial charge in [0.25, 0.3) is 5.56 Å². The van der Waals surface area contributed by atoms with Gasteiger partial charge in [-0.1, -0.05) is 17.7 Å². The van der Waals surface area contributed by atoms with Gasteiger partial charge in [0, 0.05) is 18.9 Å². The summed E-state index contributed by atoms with van der Waals surface area (Å²) in [5.41, 5.74) is 0.349. The van der Waals surface area contributed by atoms with Gasteiger partial charge in [0.1, 0.15) is 5.82 Å². The third-order valence-corrected chi connectivity index (χ3v) is 3.37. The molecule has 0 aliphatic rings. The third-order valence-electron chi connectivity index (χ3n) is 3.04. The number of methoxy groups -OCH3 is 1. The largest absolute Gasteiger partial charge is 0.478 e. The van der Waals surface area contributed by atoms with E-state index in [4.69, 9.17) is 21.4 Å². The summed E-state index contributed by atoms with van der Waals surface area (Å²) in [6, 6.07) is 9.36. The van der Waals surface area contributed by atoms with Gasteiger partial charge in [-0.3, -0.25) is 9.36 Å². The molecule has 6 nitrogen and oxygen atoms in total. The lowest BCUT2D eigenvalue weighted by Gasteiger charge is -2.14. The average molecular weight is 323 g/mol. The highest BCUT2D eigenvalue weighted by atomic mass is 35.5. The first-order chi connectivity index (χ1) is 10.5. The maximum Gasteiger partial charge on any atom is 0.337 e. The lowest BCUT2D eigenvalue weighted by Crippen LogP contribution is -2.23. The maximum atomic E-state index is 11.9. The van der Waals surface area contributed by atoms with Crippen LogP contribution in [-0.2, 0) is 11.3 Å². The second-order valence-corrected chi connectivity index (χ2v) is 4.93. The van der Waals surface area contributed by atoms with Crippen molar-refractivity contribution in [1.82, 2.24) is 4.57 Å². The molecule has 0 saturated carbocycles. The van der Waals surface area contributed by atoms with Gasteiger partial charge in [-0.2, -0.15) is 0 Å². The number of halogens is 1. The van der Waals surface area contributed by atoms with Gasteiger partial charge >= 0.3 is 5.97 Å². The zero-order chi connectivity index (χ0) is 16.1. The van der Waals surface area contributed by atoms with Gasteiger partial charge in [-0.25, -0.2) is 4.79 Å². The number of anilines is 2. The molecule has 116 valence electrons. The predicted molar refractivity (Wildman–Crippen MR) is 84.3 cm³/mol. The predicted octanol–water partition coefficient (Wildman–Crippen LogP) is 2.59. The number of carbonyl (C=O) groups is 1. The van der Waals surface area contributed by atoms with E-state index in [2.05, 4.69) is 5.32 Å². The fourth-order valence-electron chi connectivity index (χ4n) is 1.96. The molecule has 0 fully saturated rings. The van der Waals surface area contributed by atoms with E-state index in [1.165, 1.54) is 22.8 Å². The molecule has 7 heteroatoms. The van der Waals surface area contributed by atoms with Crippen LogP contribution in [0.5, 0.6) is 0 Å². The number of aromatic carboxylic acids is 1. The highest BCUT2D eigenvalue weighted by molar-refractivity contribution is 6.33. The second-order valence-electron chi connectivity index (χ2n) is 4.52. The molecule has 0 atom stereocenters. The lowest BCUT2D eigenvalue weighted by molar-refractivity contribution is 0.0697. The third kappa shape index (κ3) is 3.66. The van der Waals surface area contributed by atoms with Gasteiger partial charge in [-0.05, 0) is 24.3 Å². The van der Waals surface area contributed by atoms with E-state index in [9.17, 15) is 9.59 Å². The van der Waals surface area contributed by atoms with Crippen LogP contribution < -0.4 is 10.9 Å². The van der Waals surface area contributed by atoms with Gasteiger partial charge in [0.05, 0.1) is 23.7 Å². The maximum absolute atomic E-state index is 11.9. The monoisotopic (exact) mass is 322 g/mol. The van der Waals surface area contributed by atoms with E-state index in [0.29, 0.717) is 24.7 Å². The Labute approximate surface area is 131 Å². The Morgan fingerprint density at radius 1 is 1.36 bits per heavy atom. The number of nitrogens with zero attached hydrogens (tertiary/aromatic N) is 1. The van der Waals surface area contributed by atoms with Crippen molar-refractivity contribution in [3.05, 3.63) is 57.3 Å². The van der Waals surface area contributed by atoms with Crippen LogP contribution in [0.25, 0.3) is 0 Å². The molecule has 1 heterocycles. The highest BCUT2D eigenvalue weighted by Gasteiger charge is 2.10. The second kappa shape index (κ2) is 7.11. The first-order valence-corrected chi connectivity index (χ1v) is 6.89. The van der Waals surface area contributed by atoms with Crippen LogP contribution in [0.2, 0.25) is 5.02 Å². The molecule has 0 radical (unpaired) electrons. The summed E-state index contributed by atoms with van der Waals surface area (Å²) >= 11 is 5.84. The van der Waals surface area contributed by atoms with E-state index in [1.54, 1.807) is 25.3 Å². The van der Waals surface area contributed by atoms with Crippen LogP contribution in [0.4, 0.5) is 11.5 Å². The first kappa shape index (κ1) is 16.1. The van der Waals surface area contributed by atoms with E-state index in [0.717, 1.165) is 0 Å². The van der Waals surface area contributed by atoms with Crippen molar-refractivity contribution in [2.45, 2.75) is 6.54 Å². The molecule has 0 spiro atoms. The Morgan fingerprint density at radius 3 is 2.82 bits per heavy atom. The molecule has 2 rings (SSSR count). The van der Waals surface area contributed by atoms with Crippen molar-refractivity contribution in [2.75, 3.05) is 19.0 Å². The van der Waals surface area contributed by atoms with Crippen LogP contribution in [-0.4, -0.2) is 29.4 Å². The number of nitrogens with one attached hydrogen (secondary N) is 1. The number of carboxylic acids is 1. The number of aromatic nitrogens is 1. The Kier molecular flexibility index (Phi) is 5.19. The molecule has 1 aromatic heterocycles. The van der Waals surface area contributed by atoms with Crippen molar-refractivity contribution in [3.8, 4) is 0 Å². The van der Waals surface area contributed by atoms with Crippen LogP contribution in [0, 0.1) is 0 Å². The fraction of sp³-hybridized carbons (Fsp3) is 0.200. The molecule has 2 aromatic rings. The molecule has 2 N–H and O–H groups in total. The zero-order valence-corrected chi connectivity index (χ0v) is 12.6. The molecule has 0 amide bonds. The van der Waals surface area contributed by atoms with Crippen LogP contribution >= 0.6 is 11.6 Å². The number of benzene rings is 1. The molecule has 0 saturated heterocycles. The minimum Gasteiger partial charge on any atom is -0.478 e. The number of rotatable bonds is 6. The van der Waals surface area contributed by atoms with E-state index < -0.39 is 5.97 Å². The van der Waals surface area contributed by atoms with Crippen molar-refractivity contribution in [1.29, 1.82) is 0 Å². The summed E-state index contributed by atoms with van der Waals surface area (Å²) < 4.78 is 6.50. The van der Waals surface area contributed by atoms with E-state index in [-0.39, 0.29) is 16.1 Å². The van der Waals surface area contributed by atoms with Gasteiger partial charge < -0.3 is 15.2 Å². The Morgan fingerprint density at radius 2 is 2.14 bits per heavy atom. The summed E-state index contributed by atoms with van der Waals surface area (Å²) in [6.45, 7) is 0.775. The van der Waals surface area contributed by atoms with Crippen molar-refractivity contribution >= 4 is 29.1 Å². The summed E-state index contributed by atoms with van der Waals surface area (Å²) in [4.78, 5) is 23.0. The molecular weight excluding hydrogens is 308 g/mol. The average Bonchev–Trinajstić information content (AvgIpc) is 2.48. The number of carboxylic acid groups (broad SMARTS) is 1. The first-order valence-electron chi connectivity index (χ1n) is 6.51. The minimum atomic E-state index is -1.11.